The molecular weight excluding hydrogens is 344 g/mol. The summed E-state index contributed by atoms with van der Waals surface area (Å²) < 4.78 is 0. The van der Waals surface area contributed by atoms with Crippen LogP contribution in [0.25, 0.3) is 0 Å². The molecule has 0 rings (SSSR count). The molecule has 0 aromatic heterocycles. The van der Waals surface area contributed by atoms with E-state index in [-0.39, 0.29) is 173 Å². The first kappa shape index (κ1) is 181. The van der Waals surface area contributed by atoms with Crippen molar-refractivity contribution in [2.45, 2.75) is 0 Å². The molecule has 0 saturated carbocycles. The van der Waals surface area contributed by atoms with Crippen LogP contribution < -0.4 is 137 Å². The van der Waals surface area contributed by atoms with Crippen LogP contribution in [0.4, 0.5) is 0 Å². The first-order valence-corrected chi connectivity index (χ1v) is 2.45. The minimum Gasteiger partial charge on any atom is -0.894 e. The Morgan fingerprint density at radius 2 is 0.316 bits per heavy atom. The zero-order valence-electron chi connectivity index (χ0n) is 11.1. The molecule has 0 aliphatic heterocycles. The normalized spacial score (nSPS) is 3.16. The van der Waals surface area contributed by atoms with E-state index in [1.54, 1.807) is 0 Å². The first-order chi connectivity index (χ1) is 2.00. The van der Waals surface area contributed by atoms with Gasteiger partial charge in [0.15, 0.2) is 0 Å². The molecule has 0 atom stereocenters. The fourth-order valence-corrected chi connectivity index (χ4v) is 0. The van der Waals surface area contributed by atoms with Crippen molar-refractivity contribution in [2.24, 2.45) is 0 Å². The van der Waals surface area contributed by atoms with Gasteiger partial charge in [0, 0.05) is 0 Å². The number of rotatable bonds is 0. The predicted octanol–water partition coefficient (Wildman–Crippen LogP) is -25.4. The second-order valence-corrected chi connectivity index (χ2v) is 1.50. The summed E-state index contributed by atoms with van der Waals surface area (Å²) in [6, 6.07) is 0. The van der Waals surface area contributed by atoms with Crippen LogP contribution >= 0.6 is 0 Å². The van der Waals surface area contributed by atoms with E-state index in [1.807, 2.05) is 0 Å². The summed E-state index contributed by atoms with van der Waals surface area (Å²) in [7, 11) is -5.61. The smallest absolute Gasteiger partial charge is 0.894 e. The molecule has 0 aromatic rings. The van der Waals surface area contributed by atoms with Gasteiger partial charge in [0.25, 0.3) is 0 Å². The monoisotopic (exact) mass is 364 g/mol. The van der Waals surface area contributed by atoms with Gasteiger partial charge in [-0.3, -0.25) is 0 Å². The van der Waals surface area contributed by atoms with E-state index in [1.165, 1.54) is 0 Å². The fraction of sp³-hybridized carbons (Fsp3) is 0. The first-order valence-electron chi connectivity index (χ1n) is 0.816. The van der Waals surface area contributed by atoms with Crippen LogP contribution in [0.3, 0.4) is 0 Å². The molecule has 0 aliphatic carbocycles. The molecule has 0 bridgehead atoms. The van der Waals surface area contributed by atoms with Gasteiger partial charge in [0.1, 0.15) is 0 Å². The molecule has 0 amide bonds. The Bertz CT molecular complexity index is 34.9. The molecule has 112 valence electrons. The van der Waals surface area contributed by atoms with E-state index in [4.69, 9.17) is 19.2 Å². The number of hydrogen-bond acceptors (Lipinski definition) is 4. The van der Waals surface area contributed by atoms with Crippen molar-refractivity contribution in [1.29, 1.82) is 0 Å². The molecule has 0 heterocycles. The molecule has 0 unspecified atom stereocenters. The van der Waals surface area contributed by atoms with Gasteiger partial charge in [-0.2, -0.15) is 0 Å². The molecule has 19 heteroatoms. The Kier molecular flexibility index (Phi) is 945. The summed E-state index contributed by atoms with van der Waals surface area (Å²) in [4.78, 5) is 34.3. The van der Waals surface area contributed by atoms with E-state index in [2.05, 4.69) is 0 Å². The van der Waals surface area contributed by atoms with Crippen LogP contribution in [0.2, 0.25) is 0 Å². The van der Waals surface area contributed by atoms with Gasteiger partial charge in [-0.25, -0.2) is 0 Å². The predicted molar refractivity (Wildman–Crippen MR) is 41.9 cm³/mol. The Morgan fingerprint density at radius 3 is 0.316 bits per heavy atom. The minimum absolute atomic E-state index is 0. The summed E-state index contributed by atoms with van der Waals surface area (Å²) >= 11 is 0. The van der Waals surface area contributed by atoms with Crippen molar-refractivity contribution in [2.75, 3.05) is 0 Å². The quantitative estimate of drug-likeness (QED) is 0.377. The molecule has 0 aliphatic rings. The van der Waals surface area contributed by atoms with Crippen LogP contribution in [0.5, 0.6) is 0 Å². The maximum atomic E-state index is 8.58. The van der Waals surface area contributed by atoms with Gasteiger partial charge < -0.3 is 83.0 Å². The average molecular weight is 364 g/mol. The van der Waals surface area contributed by atoms with Crippen LogP contribution in [-0.4, -0.2) is 63.8 Å². The molecule has 0 spiro atoms. The van der Waals surface area contributed by atoms with Crippen molar-refractivity contribution in [3.8, 4) is 0 Å². The van der Waals surface area contributed by atoms with Crippen molar-refractivity contribution in [3.05, 3.63) is 0 Å². The van der Waals surface area contributed by atoms with Crippen molar-refractivity contribution in [1.82, 2.24) is 0 Å². The summed E-state index contributed by atoms with van der Waals surface area (Å²) in [5.41, 5.74) is 0. The molecule has 0 radical (unpaired) electrons. The van der Waals surface area contributed by atoms with Crippen molar-refractivity contribution >= 4 is 9.05 Å². The Hall–Kier alpha value is 3.66. The fourth-order valence-electron chi connectivity index (χ4n) is 0. The SMILES string of the molecule is O.O.O.O.O.O.O.O.O.O.[Na+].[Na+].[Na+].[Na+].[O-][Si]([O-])([O-])[O-]. The van der Waals surface area contributed by atoms with Gasteiger partial charge in [-0.1, -0.05) is 0 Å². The third-order valence-electron chi connectivity index (χ3n) is 0. The van der Waals surface area contributed by atoms with E-state index in [9.17, 15) is 0 Å². The van der Waals surface area contributed by atoms with E-state index in [0.717, 1.165) is 0 Å². The van der Waals surface area contributed by atoms with Crippen LogP contribution in [0.15, 0.2) is 0 Å². The second-order valence-electron chi connectivity index (χ2n) is 0.500. The standard InChI is InChI=1S/4Na.O4Si.10H2O/c;;;;1-5(2,3)4;;;;;;;;;;/h;;;;;10*1H2/q4*+1;-4;;;;;;;;;;. The van der Waals surface area contributed by atoms with E-state index >= 15 is 0 Å². The third kappa shape index (κ3) is 626. The second kappa shape index (κ2) is 99.1. The molecule has 0 fully saturated rings. The molecule has 20 N–H and O–H groups in total. The van der Waals surface area contributed by atoms with Gasteiger partial charge in [0.2, 0.25) is 0 Å². The minimum atomic E-state index is -5.61. The van der Waals surface area contributed by atoms with E-state index < -0.39 is 9.05 Å². The van der Waals surface area contributed by atoms with E-state index in [0.29, 0.717) is 0 Å². The molecule has 14 nitrogen and oxygen atoms in total. The Morgan fingerprint density at radius 1 is 0.316 bits per heavy atom. The van der Waals surface area contributed by atoms with Crippen molar-refractivity contribution < 1.29 is 192 Å². The zero-order chi connectivity index (χ0) is 4.50. The summed E-state index contributed by atoms with van der Waals surface area (Å²) in [6.45, 7) is 0. The number of hydrogen-bond donors (Lipinski definition) is 0. The summed E-state index contributed by atoms with van der Waals surface area (Å²) in [5, 5.41) is 0. The maximum Gasteiger partial charge on any atom is 1.00 e. The third-order valence-corrected chi connectivity index (χ3v) is 0. The van der Waals surface area contributed by atoms with Crippen LogP contribution in [-0.2, 0) is 0 Å². The van der Waals surface area contributed by atoms with Gasteiger partial charge in [0.05, 0.1) is 0 Å². The molecular formula is H20Na4O14Si. The van der Waals surface area contributed by atoms with Gasteiger partial charge >= 0.3 is 118 Å². The van der Waals surface area contributed by atoms with Crippen LogP contribution in [0, 0.1) is 0 Å². The van der Waals surface area contributed by atoms with Crippen molar-refractivity contribution in [3.63, 3.8) is 0 Å². The molecule has 19 heavy (non-hydrogen) atoms. The average Bonchev–Trinajstić information content (AvgIpc) is 0.722. The Labute approximate surface area is 198 Å². The topological polar surface area (TPSA) is 407 Å². The summed E-state index contributed by atoms with van der Waals surface area (Å²) in [6.07, 6.45) is 0. The van der Waals surface area contributed by atoms with Gasteiger partial charge in [-0.15, -0.1) is 0 Å². The maximum absolute atomic E-state index is 8.58. The molecule has 0 aromatic carbocycles. The Balaban J connectivity index is -0.000000000879. The van der Waals surface area contributed by atoms with Crippen LogP contribution in [0.1, 0.15) is 0 Å². The van der Waals surface area contributed by atoms with Gasteiger partial charge in [-0.05, 0) is 0 Å². The molecule has 0 saturated heterocycles. The largest absolute Gasteiger partial charge is 1.00 e. The summed E-state index contributed by atoms with van der Waals surface area (Å²) in [5.74, 6) is 0. The zero-order valence-corrected chi connectivity index (χ0v) is 20.1.